The van der Waals surface area contributed by atoms with Crippen LogP contribution in [0.15, 0.2) is 23.0 Å². The Morgan fingerprint density at radius 3 is 2.80 bits per heavy atom. The van der Waals surface area contributed by atoms with Gasteiger partial charge in [-0.05, 0) is 6.08 Å². The van der Waals surface area contributed by atoms with Crippen LogP contribution in [0.3, 0.4) is 0 Å². The Kier molecular flexibility index (Phi) is 1.59. The Labute approximate surface area is 63.9 Å². The average molecular weight is 156 g/mol. The standard InChI is InChI=1S/C7H8O2S/c1-4-10-5-7-6(1)8-2-3-9-7/h1,5H,2-4H2. The molecule has 1 saturated heterocycles. The number of fused-ring (bicyclic) bond motifs is 1. The van der Waals surface area contributed by atoms with Crippen LogP contribution in [-0.4, -0.2) is 19.0 Å². The Bertz CT molecular complexity index is 174. The molecule has 0 amide bonds. The molecule has 0 spiro atoms. The summed E-state index contributed by atoms with van der Waals surface area (Å²) in [5, 5.41) is 2.01. The van der Waals surface area contributed by atoms with E-state index in [1.54, 1.807) is 11.8 Å². The fourth-order valence-electron chi connectivity index (χ4n) is 0.945. The van der Waals surface area contributed by atoms with E-state index in [9.17, 15) is 0 Å². The summed E-state index contributed by atoms with van der Waals surface area (Å²) in [5.41, 5.74) is 0. The van der Waals surface area contributed by atoms with Gasteiger partial charge in [-0.1, -0.05) is 0 Å². The summed E-state index contributed by atoms with van der Waals surface area (Å²) in [5.74, 6) is 2.83. The first-order valence-electron chi connectivity index (χ1n) is 3.25. The predicted octanol–water partition coefficient (Wildman–Crippen LogP) is 1.51. The van der Waals surface area contributed by atoms with Crippen molar-refractivity contribution in [2.75, 3.05) is 19.0 Å². The fraction of sp³-hybridized carbons (Fsp3) is 0.429. The molecule has 0 aliphatic carbocycles. The van der Waals surface area contributed by atoms with Crippen LogP contribution in [0.2, 0.25) is 0 Å². The van der Waals surface area contributed by atoms with Crippen molar-refractivity contribution < 1.29 is 9.47 Å². The van der Waals surface area contributed by atoms with Gasteiger partial charge in [0.15, 0.2) is 11.5 Å². The molecule has 0 saturated carbocycles. The molecule has 0 atom stereocenters. The summed E-state index contributed by atoms with van der Waals surface area (Å²) in [6.45, 7) is 1.37. The third-order valence-electron chi connectivity index (χ3n) is 1.40. The van der Waals surface area contributed by atoms with Gasteiger partial charge in [0.25, 0.3) is 0 Å². The highest BCUT2D eigenvalue weighted by atomic mass is 32.2. The summed E-state index contributed by atoms with van der Waals surface area (Å²) in [6, 6.07) is 0. The molecule has 0 N–H and O–H groups in total. The van der Waals surface area contributed by atoms with Gasteiger partial charge in [0.1, 0.15) is 13.2 Å². The largest absolute Gasteiger partial charge is 0.486 e. The van der Waals surface area contributed by atoms with Gasteiger partial charge in [-0.2, -0.15) is 0 Å². The lowest BCUT2D eigenvalue weighted by Gasteiger charge is -2.22. The first-order chi connectivity index (χ1) is 4.97. The smallest absolute Gasteiger partial charge is 0.167 e. The molecule has 0 aromatic heterocycles. The lowest BCUT2D eigenvalue weighted by molar-refractivity contribution is 0.0596. The molecule has 0 aromatic carbocycles. The molecule has 2 aliphatic heterocycles. The molecule has 2 heterocycles. The Morgan fingerprint density at radius 2 is 2.00 bits per heavy atom. The van der Waals surface area contributed by atoms with Gasteiger partial charge in [-0.15, -0.1) is 11.8 Å². The highest BCUT2D eigenvalue weighted by Gasteiger charge is 2.15. The molecular weight excluding hydrogens is 148 g/mol. The van der Waals surface area contributed by atoms with Crippen LogP contribution in [0.1, 0.15) is 0 Å². The minimum absolute atomic E-state index is 0.684. The summed E-state index contributed by atoms with van der Waals surface area (Å²) >= 11 is 1.74. The van der Waals surface area contributed by atoms with Crippen molar-refractivity contribution in [3.05, 3.63) is 23.0 Å². The van der Waals surface area contributed by atoms with Crippen LogP contribution in [-0.2, 0) is 9.47 Å². The van der Waals surface area contributed by atoms with Gasteiger partial charge in [-0.3, -0.25) is 0 Å². The van der Waals surface area contributed by atoms with Crippen molar-refractivity contribution in [2.24, 2.45) is 0 Å². The summed E-state index contributed by atoms with van der Waals surface area (Å²) < 4.78 is 10.7. The van der Waals surface area contributed by atoms with E-state index in [1.807, 2.05) is 5.41 Å². The summed E-state index contributed by atoms with van der Waals surface area (Å²) in [4.78, 5) is 0. The Hall–Kier alpha value is -0.570. The van der Waals surface area contributed by atoms with E-state index in [1.165, 1.54) is 0 Å². The van der Waals surface area contributed by atoms with Crippen molar-refractivity contribution in [2.45, 2.75) is 0 Å². The SMILES string of the molecule is C1=C2OCCOC2=CSC1. The molecule has 0 aromatic rings. The van der Waals surface area contributed by atoms with Gasteiger partial charge >= 0.3 is 0 Å². The first kappa shape index (κ1) is 6.16. The fourth-order valence-corrected chi connectivity index (χ4v) is 1.62. The average Bonchev–Trinajstić information content (AvgIpc) is 2.05. The number of rotatable bonds is 0. The van der Waals surface area contributed by atoms with Crippen LogP contribution in [0, 0.1) is 0 Å². The van der Waals surface area contributed by atoms with Crippen molar-refractivity contribution >= 4 is 11.8 Å². The van der Waals surface area contributed by atoms with E-state index < -0.39 is 0 Å². The lowest BCUT2D eigenvalue weighted by atomic mass is 10.4. The maximum absolute atomic E-state index is 5.34. The highest BCUT2D eigenvalue weighted by molar-refractivity contribution is 8.02. The zero-order valence-electron chi connectivity index (χ0n) is 5.50. The van der Waals surface area contributed by atoms with E-state index in [0.29, 0.717) is 13.2 Å². The topological polar surface area (TPSA) is 18.5 Å². The lowest BCUT2D eigenvalue weighted by Crippen LogP contribution is -2.15. The quantitative estimate of drug-likeness (QED) is 0.529. The molecule has 2 nitrogen and oxygen atoms in total. The number of thioether (sulfide) groups is 1. The molecule has 10 heavy (non-hydrogen) atoms. The summed E-state index contributed by atoms with van der Waals surface area (Å²) in [6.07, 6.45) is 2.05. The second-order valence-corrected chi connectivity index (χ2v) is 2.98. The van der Waals surface area contributed by atoms with Gasteiger partial charge in [-0.25, -0.2) is 0 Å². The zero-order valence-corrected chi connectivity index (χ0v) is 6.32. The number of ether oxygens (including phenoxy) is 2. The van der Waals surface area contributed by atoms with Gasteiger partial charge in [0.2, 0.25) is 0 Å². The number of hydrogen-bond donors (Lipinski definition) is 0. The normalized spacial score (nSPS) is 23.2. The molecule has 1 fully saturated rings. The molecule has 2 rings (SSSR count). The molecular formula is C7H8O2S. The van der Waals surface area contributed by atoms with E-state index in [2.05, 4.69) is 6.08 Å². The van der Waals surface area contributed by atoms with Gasteiger partial charge in [0, 0.05) is 11.2 Å². The summed E-state index contributed by atoms with van der Waals surface area (Å²) in [7, 11) is 0. The zero-order chi connectivity index (χ0) is 6.81. The second-order valence-electron chi connectivity index (χ2n) is 2.08. The van der Waals surface area contributed by atoms with Crippen LogP contribution in [0.25, 0.3) is 0 Å². The van der Waals surface area contributed by atoms with Crippen LogP contribution in [0.5, 0.6) is 0 Å². The molecule has 2 aliphatic rings. The van der Waals surface area contributed by atoms with Gasteiger partial charge in [0.05, 0.1) is 0 Å². The second kappa shape index (κ2) is 2.58. The highest BCUT2D eigenvalue weighted by Crippen LogP contribution is 2.25. The van der Waals surface area contributed by atoms with Crippen molar-refractivity contribution in [3.63, 3.8) is 0 Å². The Morgan fingerprint density at radius 1 is 1.20 bits per heavy atom. The molecule has 0 bridgehead atoms. The minimum Gasteiger partial charge on any atom is -0.486 e. The molecule has 0 unspecified atom stereocenters. The minimum atomic E-state index is 0.684. The molecule has 0 radical (unpaired) electrons. The van der Waals surface area contributed by atoms with E-state index in [0.717, 1.165) is 17.3 Å². The van der Waals surface area contributed by atoms with Gasteiger partial charge < -0.3 is 9.47 Å². The van der Waals surface area contributed by atoms with Crippen LogP contribution in [0.4, 0.5) is 0 Å². The monoisotopic (exact) mass is 156 g/mol. The third kappa shape index (κ3) is 1.01. The van der Waals surface area contributed by atoms with Crippen LogP contribution >= 0.6 is 11.8 Å². The van der Waals surface area contributed by atoms with Crippen molar-refractivity contribution in [1.82, 2.24) is 0 Å². The van der Waals surface area contributed by atoms with Crippen LogP contribution < -0.4 is 0 Å². The molecule has 3 heteroatoms. The Balaban J connectivity index is 2.19. The third-order valence-corrected chi connectivity index (χ3v) is 2.14. The van der Waals surface area contributed by atoms with E-state index in [4.69, 9.17) is 9.47 Å². The van der Waals surface area contributed by atoms with E-state index in [-0.39, 0.29) is 0 Å². The molecule has 54 valence electrons. The predicted molar refractivity (Wildman–Crippen MR) is 40.5 cm³/mol. The first-order valence-corrected chi connectivity index (χ1v) is 4.29. The number of hydrogen-bond acceptors (Lipinski definition) is 3. The maximum atomic E-state index is 5.34. The maximum Gasteiger partial charge on any atom is 0.167 e. The van der Waals surface area contributed by atoms with Crippen molar-refractivity contribution in [3.8, 4) is 0 Å². The van der Waals surface area contributed by atoms with Crippen molar-refractivity contribution in [1.29, 1.82) is 0 Å². The van der Waals surface area contributed by atoms with E-state index >= 15 is 0 Å².